The summed E-state index contributed by atoms with van der Waals surface area (Å²) in [6, 6.07) is 0. The lowest BCUT2D eigenvalue weighted by Crippen LogP contribution is -2.15. The molecule has 1 unspecified atom stereocenters. The Balaban J connectivity index is 2.24. The molecular formula is C12H25N. The first-order chi connectivity index (χ1) is 6.29. The average molecular weight is 183 g/mol. The predicted molar refractivity (Wildman–Crippen MR) is 58.9 cm³/mol. The van der Waals surface area contributed by atoms with Crippen LogP contribution in [0.1, 0.15) is 52.4 Å². The molecule has 0 saturated carbocycles. The van der Waals surface area contributed by atoms with Gasteiger partial charge in [-0.2, -0.15) is 0 Å². The van der Waals surface area contributed by atoms with Gasteiger partial charge in [0.05, 0.1) is 0 Å². The number of hydrogen-bond donors (Lipinski definition) is 1. The van der Waals surface area contributed by atoms with Gasteiger partial charge in [-0.05, 0) is 50.6 Å². The Morgan fingerprint density at radius 1 is 1.08 bits per heavy atom. The van der Waals surface area contributed by atoms with E-state index in [0.29, 0.717) is 0 Å². The van der Waals surface area contributed by atoms with Crippen molar-refractivity contribution in [1.29, 1.82) is 0 Å². The highest BCUT2D eigenvalue weighted by molar-refractivity contribution is 4.65. The highest BCUT2D eigenvalue weighted by Crippen LogP contribution is 2.23. The summed E-state index contributed by atoms with van der Waals surface area (Å²) in [5.41, 5.74) is 0. The first kappa shape index (κ1) is 11.0. The molecule has 78 valence electrons. The Hall–Kier alpha value is -0.0400. The maximum atomic E-state index is 3.50. The zero-order valence-corrected chi connectivity index (χ0v) is 9.31. The molecule has 0 aliphatic carbocycles. The van der Waals surface area contributed by atoms with E-state index < -0.39 is 0 Å². The second-order valence-corrected chi connectivity index (χ2v) is 4.88. The third kappa shape index (κ3) is 5.30. The summed E-state index contributed by atoms with van der Waals surface area (Å²) in [4.78, 5) is 0. The van der Waals surface area contributed by atoms with Crippen LogP contribution in [-0.2, 0) is 0 Å². The molecule has 0 aromatic rings. The Morgan fingerprint density at radius 3 is 2.54 bits per heavy atom. The zero-order valence-electron chi connectivity index (χ0n) is 9.31. The predicted octanol–water partition coefficient (Wildman–Crippen LogP) is 3.20. The molecule has 1 fully saturated rings. The van der Waals surface area contributed by atoms with Crippen molar-refractivity contribution in [3.63, 3.8) is 0 Å². The van der Waals surface area contributed by atoms with Crippen molar-refractivity contribution in [1.82, 2.24) is 5.32 Å². The molecule has 0 bridgehead atoms. The van der Waals surface area contributed by atoms with Gasteiger partial charge in [-0.1, -0.05) is 26.7 Å². The maximum Gasteiger partial charge on any atom is -0.00488 e. The quantitative estimate of drug-likeness (QED) is 0.693. The van der Waals surface area contributed by atoms with Crippen LogP contribution in [0.25, 0.3) is 0 Å². The normalized spacial score (nSPS) is 26.5. The van der Waals surface area contributed by atoms with Crippen molar-refractivity contribution in [2.24, 2.45) is 11.8 Å². The van der Waals surface area contributed by atoms with Gasteiger partial charge in [0.15, 0.2) is 0 Å². The molecule has 1 heterocycles. The van der Waals surface area contributed by atoms with Crippen LogP contribution in [0.5, 0.6) is 0 Å². The van der Waals surface area contributed by atoms with E-state index in [9.17, 15) is 0 Å². The molecule has 1 heteroatoms. The van der Waals surface area contributed by atoms with Crippen molar-refractivity contribution in [2.75, 3.05) is 13.1 Å². The van der Waals surface area contributed by atoms with E-state index in [0.717, 1.165) is 11.8 Å². The Morgan fingerprint density at radius 2 is 1.77 bits per heavy atom. The molecule has 1 nitrogen and oxygen atoms in total. The third-order valence-corrected chi connectivity index (χ3v) is 2.99. The lowest BCUT2D eigenvalue weighted by molar-refractivity contribution is 0.354. The van der Waals surface area contributed by atoms with Crippen LogP contribution in [0.2, 0.25) is 0 Å². The average Bonchev–Trinajstić information content (AvgIpc) is 2.17. The molecule has 1 saturated heterocycles. The molecule has 0 spiro atoms. The summed E-state index contributed by atoms with van der Waals surface area (Å²) < 4.78 is 0. The lowest BCUT2D eigenvalue weighted by atomic mass is 9.89. The van der Waals surface area contributed by atoms with E-state index in [2.05, 4.69) is 19.2 Å². The van der Waals surface area contributed by atoms with Crippen LogP contribution in [0.15, 0.2) is 0 Å². The third-order valence-electron chi connectivity index (χ3n) is 2.99. The molecule has 1 atom stereocenters. The minimum absolute atomic E-state index is 0.888. The van der Waals surface area contributed by atoms with Crippen molar-refractivity contribution >= 4 is 0 Å². The van der Waals surface area contributed by atoms with Crippen molar-refractivity contribution in [3.8, 4) is 0 Å². The number of nitrogens with one attached hydrogen (secondary N) is 1. The van der Waals surface area contributed by atoms with Gasteiger partial charge in [0.25, 0.3) is 0 Å². The molecule has 1 aliphatic rings. The molecule has 0 aromatic carbocycles. The van der Waals surface area contributed by atoms with Crippen molar-refractivity contribution < 1.29 is 0 Å². The monoisotopic (exact) mass is 183 g/mol. The largest absolute Gasteiger partial charge is 0.317 e. The molecule has 1 aliphatic heterocycles. The minimum Gasteiger partial charge on any atom is -0.317 e. The van der Waals surface area contributed by atoms with Crippen LogP contribution in [0, 0.1) is 11.8 Å². The molecular weight excluding hydrogens is 158 g/mol. The molecule has 0 radical (unpaired) electrons. The van der Waals surface area contributed by atoms with E-state index in [-0.39, 0.29) is 0 Å². The highest BCUT2D eigenvalue weighted by Gasteiger charge is 2.11. The fourth-order valence-corrected chi connectivity index (χ4v) is 2.37. The van der Waals surface area contributed by atoms with Gasteiger partial charge in [0, 0.05) is 0 Å². The second kappa shape index (κ2) is 6.42. The van der Waals surface area contributed by atoms with Gasteiger partial charge in [0.1, 0.15) is 0 Å². The Bertz CT molecular complexity index is 110. The van der Waals surface area contributed by atoms with Gasteiger partial charge in [-0.25, -0.2) is 0 Å². The zero-order chi connectivity index (χ0) is 9.52. The molecule has 0 aromatic heterocycles. The number of rotatable bonds is 2. The van der Waals surface area contributed by atoms with Crippen LogP contribution < -0.4 is 5.32 Å². The standard InChI is InChI=1S/C12H25N/c1-11(2)10-12-6-3-4-8-13-9-5-7-12/h11-13H,3-10H2,1-2H3. The lowest BCUT2D eigenvalue weighted by Gasteiger charge is -2.17. The van der Waals surface area contributed by atoms with Gasteiger partial charge in [-0.15, -0.1) is 0 Å². The smallest absolute Gasteiger partial charge is 0.00488 e. The first-order valence-electron chi connectivity index (χ1n) is 5.99. The van der Waals surface area contributed by atoms with Crippen LogP contribution in [0.3, 0.4) is 0 Å². The van der Waals surface area contributed by atoms with Gasteiger partial charge < -0.3 is 5.32 Å². The Labute approximate surface area is 83.3 Å². The van der Waals surface area contributed by atoms with E-state index in [4.69, 9.17) is 0 Å². The fourth-order valence-electron chi connectivity index (χ4n) is 2.37. The van der Waals surface area contributed by atoms with Crippen LogP contribution in [-0.4, -0.2) is 13.1 Å². The summed E-state index contributed by atoms with van der Waals surface area (Å²) >= 11 is 0. The topological polar surface area (TPSA) is 12.0 Å². The van der Waals surface area contributed by atoms with Crippen LogP contribution >= 0.6 is 0 Å². The van der Waals surface area contributed by atoms with E-state index in [1.165, 1.54) is 51.6 Å². The van der Waals surface area contributed by atoms with E-state index in [1.807, 2.05) is 0 Å². The summed E-state index contributed by atoms with van der Waals surface area (Å²) in [5.74, 6) is 1.90. The minimum atomic E-state index is 0.888. The molecule has 1 rings (SSSR count). The Kier molecular flexibility index (Phi) is 5.45. The summed E-state index contributed by atoms with van der Waals surface area (Å²) in [7, 11) is 0. The summed E-state index contributed by atoms with van der Waals surface area (Å²) in [5, 5.41) is 3.50. The van der Waals surface area contributed by atoms with Crippen LogP contribution in [0.4, 0.5) is 0 Å². The summed E-state index contributed by atoms with van der Waals surface area (Å²) in [6.45, 7) is 7.19. The van der Waals surface area contributed by atoms with Gasteiger partial charge in [0.2, 0.25) is 0 Å². The summed E-state index contributed by atoms with van der Waals surface area (Å²) in [6.07, 6.45) is 8.57. The SMILES string of the molecule is CC(C)CC1CCCCNCCC1. The fraction of sp³-hybridized carbons (Fsp3) is 1.00. The maximum absolute atomic E-state index is 3.50. The molecule has 1 N–H and O–H groups in total. The van der Waals surface area contributed by atoms with E-state index in [1.54, 1.807) is 0 Å². The molecule has 0 amide bonds. The number of hydrogen-bond acceptors (Lipinski definition) is 1. The highest BCUT2D eigenvalue weighted by atomic mass is 14.8. The van der Waals surface area contributed by atoms with Crippen molar-refractivity contribution in [2.45, 2.75) is 52.4 Å². The van der Waals surface area contributed by atoms with Crippen molar-refractivity contribution in [3.05, 3.63) is 0 Å². The van der Waals surface area contributed by atoms with Gasteiger partial charge in [-0.3, -0.25) is 0 Å². The molecule has 13 heavy (non-hydrogen) atoms. The van der Waals surface area contributed by atoms with E-state index >= 15 is 0 Å². The first-order valence-corrected chi connectivity index (χ1v) is 5.99. The van der Waals surface area contributed by atoms with Gasteiger partial charge >= 0.3 is 0 Å². The second-order valence-electron chi connectivity index (χ2n) is 4.88.